The quantitative estimate of drug-likeness (QED) is 0.356. The van der Waals surface area contributed by atoms with Crippen molar-refractivity contribution in [2.45, 2.75) is 25.4 Å². The molecule has 5 rings (SSSR count). The SMILES string of the molecule is CNc1cccc(NC(=O)NC2N=C(c3ccccn3)c3ccccc3N(CC(=O)C3(CO)CCC3)C2=O)c1. The molecular formula is C29H30N6O4. The largest absolute Gasteiger partial charge is 0.395 e. The molecule has 0 bridgehead atoms. The first-order valence-corrected chi connectivity index (χ1v) is 12.8. The van der Waals surface area contributed by atoms with Crippen molar-refractivity contribution in [3.05, 3.63) is 84.2 Å². The summed E-state index contributed by atoms with van der Waals surface area (Å²) in [4.78, 5) is 50.9. The van der Waals surface area contributed by atoms with Gasteiger partial charge in [-0.15, -0.1) is 0 Å². The van der Waals surface area contributed by atoms with Crippen LogP contribution in [-0.2, 0) is 9.59 Å². The summed E-state index contributed by atoms with van der Waals surface area (Å²) in [6.45, 7) is -0.508. The number of nitrogens with zero attached hydrogens (tertiary/aromatic N) is 3. The number of aromatic nitrogens is 1. The van der Waals surface area contributed by atoms with Crippen molar-refractivity contribution in [1.29, 1.82) is 0 Å². The monoisotopic (exact) mass is 526 g/mol. The average molecular weight is 527 g/mol. The van der Waals surface area contributed by atoms with Gasteiger partial charge in [0.15, 0.2) is 5.78 Å². The Morgan fingerprint density at radius 1 is 1.05 bits per heavy atom. The highest BCUT2D eigenvalue weighted by Gasteiger charge is 2.45. The van der Waals surface area contributed by atoms with Crippen LogP contribution in [0.4, 0.5) is 21.9 Å². The lowest BCUT2D eigenvalue weighted by Gasteiger charge is -2.40. The van der Waals surface area contributed by atoms with Gasteiger partial charge >= 0.3 is 6.03 Å². The first-order valence-electron chi connectivity index (χ1n) is 12.8. The number of amides is 3. The highest BCUT2D eigenvalue weighted by Crippen LogP contribution is 2.42. The number of aliphatic hydroxyl groups is 1. The fourth-order valence-corrected chi connectivity index (χ4v) is 4.88. The molecule has 1 aromatic heterocycles. The zero-order valence-electron chi connectivity index (χ0n) is 21.6. The number of pyridine rings is 1. The Labute approximate surface area is 226 Å². The van der Waals surface area contributed by atoms with Crippen molar-refractivity contribution in [3.8, 4) is 0 Å². The number of aliphatic hydroxyl groups excluding tert-OH is 1. The van der Waals surface area contributed by atoms with E-state index < -0.39 is 23.5 Å². The second-order valence-electron chi connectivity index (χ2n) is 9.68. The van der Waals surface area contributed by atoms with E-state index in [0.29, 0.717) is 41.2 Å². The van der Waals surface area contributed by atoms with Gasteiger partial charge in [-0.3, -0.25) is 14.6 Å². The van der Waals surface area contributed by atoms with Crippen LogP contribution in [0.15, 0.2) is 77.9 Å². The van der Waals surface area contributed by atoms with Crippen LogP contribution < -0.4 is 20.9 Å². The van der Waals surface area contributed by atoms with E-state index in [9.17, 15) is 19.5 Å². The molecule has 2 heterocycles. The first kappa shape index (κ1) is 26.1. The maximum absolute atomic E-state index is 14.0. The van der Waals surface area contributed by atoms with Gasteiger partial charge in [-0.2, -0.15) is 0 Å². The van der Waals surface area contributed by atoms with Crippen molar-refractivity contribution in [1.82, 2.24) is 10.3 Å². The third-order valence-corrected chi connectivity index (χ3v) is 7.30. The molecule has 4 N–H and O–H groups in total. The van der Waals surface area contributed by atoms with Crippen LogP contribution in [0.3, 0.4) is 0 Å². The molecule has 2 aromatic carbocycles. The van der Waals surface area contributed by atoms with Crippen molar-refractivity contribution in [2.75, 3.05) is 35.7 Å². The molecule has 3 amide bonds. The van der Waals surface area contributed by atoms with Crippen LogP contribution in [-0.4, -0.2) is 59.9 Å². The number of benzene rings is 2. The smallest absolute Gasteiger partial charge is 0.321 e. The van der Waals surface area contributed by atoms with Gasteiger partial charge < -0.3 is 26.0 Å². The Balaban J connectivity index is 1.51. The van der Waals surface area contributed by atoms with Gasteiger partial charge in [-0.1, -0.05) is 36.8 Å². The fraction of sp³-hybridized carbons (Fsp3) is 0.276. The molecule has 3 aromatic rings. The Hall–Kier alpha value is -4.57. The highest BCUT2D eigenvalue weighted by atomic mass is 16.3. The number of rotatable bonds is 8. The number of hydrogen-bond donors (Lipinski definition) is 4. The second kappa shape index (κ2) is 11.0. The molecule has 0 saturated heterocycles. The lowest BCUT2D eigenvalue weighted by molar-refractivity contribution is -0.136. The molecule has 39 heavy (non-hydrogen) atoms. The van der Waals surface area contributed by atoms with Gasteiger partial charge in [0, 0.05) is 30.2 Å². The van der Waals surface area contributed by atoms with Gasteiger partial charge in [0.1, 0.15) is 0 Å². The van der Waals surface area contributed by atoms with Crippen molar-refractivity contribution in [3.63, 3.8) is 0 Å². The number of benzodiazepines with no additional fused rings is 1. The maximum atomic E-state index is 14.0. The Bertz CT molecular complexity index is 1410. The Morgan fingerprint density at radius 3 is 2.51 bits per heavy atom. The minimum Gasteiger partial charge on any atom is -0.395 e. The van der Waals surface area contributed by atoms with Gasteiger partial charge in [-0.25, -0.2) is 9.79 Å². The number of anilines is 3. The summed E-state index contributed by atoms with van der Waals surface area (Å²) in [5.41, 5.74) is 2.52. The lowest BCUT2D eigenvalue weighted by Crippen LogP contribution is -2.53. The molecule has 1 saturated carbocycles. The molecule has 1 fully saturated rings. The predicted octanol–water partition coefficient (Wildman–Crippen LogP) is 3.19. The number of aliphatic imine (C=N–C) groups is 1. The van der Waals surface area contributed by atoms with E-state index in [1.54, 1.807) is 55.7 Å². The molecule has 1 aliphatic carbocycles. The number of fused-ring (bicyclic) bond motifs is 1. The first-order chi connectivity index (χ1) is 18.9. The number of Topliss-reactive ketones (excluding diaryl/α,β-unsaturated/α-hetero) is 1. The van der Waals surface area contributed by atoms with Crippen LogP contribution in [0, 0.1) is 5.41 Å². The molecule has 0 spiro atoms. The fourth-order valence-electron chi connectivity index (χ4n) is 4.88. The second-order valence-corrected chi connectivity index (χ2v) is 9.68. The number of hydrogen-bond acceptors (Lipinski definition) is 7. The normalized spacial score (nSPS) is 17.7. The predicted molar refractivity (Wildman–Crippen MR) is 149 cm³/mol. The van der Waals surface area contributed by atoms with Crippen molar-refractivity contribution in [2.24, 2.45) is 10.4 Å². The van der Waals surface area contributed by atoms with E-state index in [-0.39, 0.29) is 18.9 Å². The topological polar surface area (TPSA) is 136 Å². The van der Waals surface area contributed by atoms with Gasteiger partial charge in [0.05, 0.1) is 35.7 Å². The molecule has 0 radical (unpaired) electrons. The molecule has 1 atom stereocenters. The average Bonchev–Trinajstić information content (AvgIpc) is 3.04. The number of para-hydroxylation sites is 1. The van der Waals surface area contributed by atoms with Crippen molar-refractivity contribution >= 4 is 40.5 Å². The van der Waals surface area contributed by atoms with Crippen LogP contribution in [0.25, 0.3) is 0 Å². The third-order valence-electron chi connectivity index (χ3n) is 7.30. The van der Waals surface area contributed by atoms with Gasteiger partial charge in [-0.05, 0) is 49.2 Å². The number of nitrogens with one attached hydrogen (secondary N) is 3. The van der Waals surface area contributed by atoms with Crippen LogP contribution in [0.1, 0.15) is 30.5 Å². The summed E-state index contributed by atoms with van der Waals surface area (Å²) in [7, 11) is 1.77. The molecule has 10 heteroatoms. The summed E-state index contributed by atoms with van der Waals surface area (Å²) < 4.78 is 0. The summed E-state index contributed by atoms with van der Waals surface area (Å²) >= 11 is 0. The summed E-state index contributed by atoms with van der Waals surface area (Å²) in [6.07, 6.45) is 2.30. The highest BCUT2D eigenvalue weighted by molar-refractivity contribution is 6.20. The molecule has 2 aliphatic rings. The Morgan fingerprint density at radius 2 is 1.82 bits per heavy atom. The molecular weight excluding hydrogens is 496 g/mol. The van der Waals surface area contributed by atoms with E-state index >= 15 is 0 Å². The number of carbonyl (C=O) groups is 3. The van der Waals surface area contributed by atoms with Crippen LogP contribution in [0.2, 0.25) is 0 Å². The Kier molecular flexibility index (Phi) is 7.38. The molecule has 200 valence electrons. The third kappa shape index (κ3) is 5.23. The summed E-state index contributed by atoms with van der Waals surface area (Å²) in [6, 6.07) is 19.0. The minimum absolute atomic E-state index is 0.215. The number of ketones is 1. The van der Waals surface area contributed by atoms with Crippen LogP contribution >= 0.6 is 0 Å². The van der Waals surface area contributed by atoms with Crippen molar-refractivity contribution < 1.29 is 19.5 Å². The van der Waals surface area contributed by atoms with E-state index in [0.717, 1.165) is 12.1 Å². The summed E-state index contributed by atoms with van der Waals surface area (Å²) in [5.74, 6) is -0.777. The number of carbonyl (C=O) groups excluding carboxylic acids is 3. The van der Waals surface area contributed by atoms with Crippen LogP contribution in [0.5, 0.6) is 0 Å². The molecule has 1 aliphatic heterocycles. The molecule has 1 unspecified atom stereocenters. The summed E-state index contributed by atoms with van der Waals surface area (Å²) in [5, 5.41) is 18.4. The standard InChI is InChI=1S/C29H30N6O4/c1-30-19-8-6-9-20(16-19)32-28(39)34-26-27(38)35(17-24(37)29(18-36)13-7-14-29)23-12-3-2-10-21(23)25(33-26)22-11-4-5-15-31-22/h2-6,8-12,15-16,26,30,36H,7,13-14,17-18H2,1H3,(H2,32,34,39). The van der Waals surface area contributed by atoms with E-state index in [4.69, 9.17) is 0 Å². The minimum atomic E-state index is -1.33. The van der Waals surface area contributed by atoms with E-state index in [1.807, 2.05) is 24.3 Å². The van der Waals surface area contributed by atoms with Gasteiger partial charge in [0.25, 0.3) is 5.91 Å². The van der Waals surface area contributed by atoms with Gasteiger partial charge in [0.2, 0.25) is 6.17 Å². The zero-order chi connectivity index (χ0) is 27.4. The van der Waals surface area contributed by atoms with E-state index in [1.165, 1.54) is 4.90 Å². The number of urea groups is 1. The maximum Gasteiger partial charge on any atom is 0.321 e. The lowest BCUT2D eigenvalue weighted by atomic mass is 9.66. The zero-order valence-corrected chi connectivity index (χ0v) is 21.6. The van der Waals surface area contributed by atoms with E-state index in [2.05, 4.69) is 25.9 Å². The molecule has 10 nitrogen and oxygen atoms in total.